The summed E-state index contributed by atoms with van der Waals surface area (Å²) < 4.78 is 0. The number of carbonyl (C=O) groups excluding carboxylic acids is 2. The van der Waals surface area contributed by atoms with Crippen LogP contribution in [0.1, 0.15) is 17.0 Å². The van der Waals surface area contributed by atoms with Crippen molar-refractivity contribution in [1.82, 2.24) is 10.7 Å². The Hall–Kier alpha value is -2.66. The van der Waals surface area contributed by atoms with E-state index in [0.717, 1.165) is 5.56 Å². The van der Waals surface area contributed by atoms with Crippen LogP contribution in [0, 0.1) is 5.92 Å². The normalized spacial score (nSPS) is 20.1. The average molecular weight is 342 g/mol. The van der Waals surface area contributed by atoms with Crippen molar-refractivity contribution in [3.8, 4) is 0 Å². The van der Waals surface area contributed by atoms with Gasteiger partial charge in [-0.15, -0.1) is 0 Å². The number of hydrazone groups is 1. The van der Waals surface area contributed by atoms with Crippen LogP contribution in [0.4, 0.5) is 0 Å². The molecule has 0 radical (unpaired) electrons. The number of amides is 2. The predicted octanol–water partition coefficient (Wildman–Crippen LogP) is 2.32. The molecule has 5 nitrogen and oxygen atoms in total. The number of hydrogen-bond acceptors (Lipinski definition) is 3. The average Bonchev–Trinajstić information content (AvgIpc) is 2.99. The van der Waals surface area contributed by atoms with E-state index in [0.29, 0.717) is 17.1 Å². The lowest BCUT2D eigenvalue weighted by atomic mass is 9.88. The maximum absolute atomic E-state index is 12.4. The first kappa shape index (κ1) is 16.2. The summed E-state index contributed by atoms with van der Waals surface area (Å²) in [4.78, 5) is 24.4. The Kier molecular flexibility index (Phi) is 4.91. The molecule has 2 N–H and O–H groups in total. The Labute approximate surface area is 144 Å². The number of rotatable bonds is 4. The number of nitrogens with one attached hydrogen (secondary N) is 2. The molecule has 24 heavy (non-hydrogen) atoms. The summed E-state index contributed by atoms with van der Waals surface area (Å²) >= 11 is 6.02. The number of carbonyl (C=O) groups is 2. The lowest BCUT2D eigenvalue weighted by Gasteiger charge is -2.15. The van der Waals surface area contributed by atoms with Gasteiger partial charge in [-0.2, -0.15) is 5.10 Å². The van der Waals surface area contributed by atoms with Gasteiger partial charge in [0.15, 0.2) is 0 Å². The molecule has 122 valence electrons. The zero-order valence-electron chi connectivity index (χ0n) is 12.8. The molecule has 0 aliphatic carbocycles. The smallest absolute Gasteiger partial charge is 0.253 e. The predicted molar refractivity (Wildman–Crippen MR) is 92.9 cm³/mol. The van der Waals surface area contributed by atoms with E-state index in [1.54, 1.807) is 12.1 Å². The molecular formula is C18H16ClN3O2. The van der Waals surface area contributed by atoms with Gasteiger partial charge in [-0.25, -0.2) is 5.43 Å². The molecule has 0 spiro atoms. The standard InChI is InChI=1S/C18H16ClN3O2/c19-15-9-5-4-8-13(15)10-21-22-18(24)16-14(11-20-17(16)23)12-6-2-1-3-7-12/h1-10,14,16H,11H2,(H,20,23)(H,22,24)/b21-10-/t14-,16-/m0/s1. The molecule has 2 aromatic carbocycles. The summed E-state index contributed by atoms with van der Waals surface area (Å²) in [5.41, 5.74) is 4.08. The molecule has 0 aromatic heterocycles. The quantitative estimate of drug-likeness (QED) is 0.509. The zero-order valence-corrected chi connectivity index (χ0v) is 13.5. The van der Waals surface area contributed by atoms with Crippen molar-refractivity contribution in [1.29, 1.82) is 0 Å². The Morgan fingerprint density at radius 1 is 1.17 bits per heavy atom. The highest BCUT2D eigenvalue weighted by atomic mass is 35.5. The molecule has 3 rings (SSSR count). The van der Waals surface area contributed by atoms with Crippen LogP contribution in [0.15, 0.2) is 59.7 Å². The van der Waals surface area contributed by atoms with Crippen molar-refractivity contribution in [2.24, 2.45) is 11.0 Å². The summed E-state index contributed by atoms with van der Waals surface area (Å²) in [5, 5.41) is 7.20. The van der Waals surface area contributed by atoms with Crippen LogP contribution in [0.3, 0.4) is 0 Å². The van der Waals surface area contributed by atoms with Crippen LogP contribution in [0.2, 0.25) is 5.02 Å². The molecule has 2 atom stereocenters. The van der Waals surface area contributed by atoms with Gasteiger partial charge in [0.05, 0.1) is 6.21 Å². The van der Waals surface area contributed by atoms with Crippen LogP contribution < -0.4 is 10.7 Å². The molecule has 0 bridgehead atoms. The van der Waals surface area contributed by atoms with E-state index >= 15 is 0 Å². The summed E-state index contributed by atoms with van der Waals surface area (Å²) in [6.07, 6.45) is 1.46. The van der Waals surface area contributed by atoms with Crippen molar-refractivity contribution < 1.29 is 9.59 Å². The first-order valence-corrected chi connectivity index (χ1v) is 7.94. The van der Waals surface area contributed by atoms with Crippen molar-refractivity contribution in [2.75, 3.05) is 6.54 Å². The minimum atomic E-state index is -0.796. The summed E-state index contributed by atoms with van der Waals surface area (Å²) in [6, 6.07) is 16.7. The Morgan fingerprint density at radius 2 is 1.88 bits per heavy atom. The van der Waals surface area contributed by atoms with E-state index in [2.05, 4.69) is 15.8 Å². The first-order valence-electron chi connectivity index (χ1n) is 7.57. The lowest BCUT2D eigenvalue weighted by Crippen LogP contribution is -2.34. The molecule has 0 saturated carbocycles. The molecule has 1 aliphatic rings. The van der Waals surface area contributed by atoms with Gasteiger partial charge in [0.25, 0.3) is 5.91 Å². The third-order valence-corrected chi connectivity index (χ3v) is 4.32. The van der Waals surface area contributed by atoms with E-state index in [-0.39, 0.29) is 11.8 Å². The second-order valence-corrected chi connectivity index (χ2v) is 5.90. The van der Waals surface area contributed by atoms with Crippen LogP contribution >= 0.6 is 11.6 Å². The summed E-state index contributed by atoms with van der Waals surface area (Å²) in [5.74, 6) is -1.71. The summed E-state index contributed by atoms with van der Waals surface area (Å²) in [7, 11) is 0. The SMILES string of the molecule is O=C1NC[C@@H](c2ccccc2)[C@@H]1C(=O)N/N=C\c1ccccc1Cl. The minimum absolute atomic E-state index is 0.200. The topological polar surface area (TPSA) is 70.6 Å². The highest BCUT2D eigenvalue weighted by Gasteiger charge is 2.40. The third-order valence-electron chi connectivity index (χ3n) is 3.97. The summed E-state index contributed by atoms with van der Waals surface area (Å²) in [6.45, 7) is 0.440. The van der Waals surface area contributed by atoms with E-state index in [1.165, 1.54) is 6.21 Å². The minimum Gasteiger partial charge on any atom is -0.355 e. The first-order chi connectivity index (χ1) is 11.7. The molecule has 1 aliphatic heterocycles. The molecule has 6 heteroatoms. The largest absolute Gasteiger partial charge is 0.355 e. The Balaban J connectivity index is 1.71. The monoisotopic (exact) mass is 341 g/mol. The van der Waals surface area contributed by atoms with Gasteiger partial charge >= 0.3 is 0 Å². The number of nitrogens with zero attached hydrogens (tertiary/aromatic N) is 1. The van der Waals surface area contributed by atoms with E-state index in [4.69, 9.17) is 11.6 Å². The van der Waals surface area contributed by atoms with E-state index < -0.39 is 11.8 Å². The van der Waals surface area contributed by atoms with Gasteiger partial charge in [0, 0.05) is 23.0 Å². The molecular weight excluding hydrogens is 326 g/mol. The number of benzene rings is 2. The van der Waals surface area contributed by atoms with Gasteiger partial charge < -0.3 is 5.32 Å². The molecule has 1 saturated heterocycles. The van der Waals surface area contributed by atoms with E-state index in [1.807, 2.05) is 42.5 Å². The van der Waals surface area contributed by atoms with E-state index in [9.17, 15) is 9.59 Å². The molecule has 1 heterocycles. The van der Waals surface area contributed by atoms with Gasteiger partial charge in [-0.3, -0.25) is 9.59 Å². The molecule has 2 aromatic rings. The molecule has 2 amide bonds. The van der Waals surface area contributed by atoms with Crippen LogP contribution in [-0.2, 0) is 9.59 Å². The van der Waals surface area contributed by atoms with Gasteiger partial charge in [-0.1, -0.05) is 60.1 Å². The van der Waals surface area contributed by atoms with Crippen LogP contribution in [-0.4, -0.2) is 24.6 Å². The Morgan fingerprint density at radius 3 is 2.62 bits per heavy atom. The maximum atomic E-state index is 12.4. The second-order valence-electron chi connectivity index (χ2n) is 5.50. The fourth-order valence-corrected chi connectivity index (χ4v) is 2.93. The lowest BCUT2D eigenvalue weighted by molar-refractivity contribution is -0.133. The third kappa shape index (κ3) is 3.46. The van der Waals surface area contributed by atoms with Crippen molar-refractivity contribution in [3.05, 3.63) is 70.7 Å². The number of hydrogen-bond donors (Lipinski definition) is 2. The fourth-order valence-electron chi connectivity index (χ4n) is 2.75. The second kappa shape index (κ2) is 7.27. The van der Waals surface area contributed by atoms with Crippen LogP contribution in [0.5, 0.6) is 0 Å². The van der Waals surface area contributed by atoms with Crippen molar-refractivity contribution in [2.45, 2.75) is 5.92 Å². The van der Waals surface area contributed by atoms with Crippen molar-refractivity contribution >= 4 is 29.6 Å². The highest BCUT2D eigenvalue weighted by molar-refractivity contribution is 6.33. The highest BCUT2D eigenvalue weighted by Crippen LogP contribution is 2.28. The number of halogens is 1. The van der Waals surface area contributed by atoms with Gasteiger partial charge in [-0.05, 0) is 11.6 Å². The van der Waals surface area contributed by atoms with Crippen molar-refractivity contribution in [3.63, 3.8) is 0 Å². The van der Waals surface area contributed by atoms with Gasteiger partial charge in [0.2, 0.25) is 5.91 Å². The van der Waals surface area contributed by atoms with Gasteiger partial charge in [0.1, 0.15) is 5.92 Å². The maximum Gasteiger partial charge on any atom is 0.253 e. The Bertz CT molecular complexity index is 777. The fraction of sp³-hybridized carbons (Fsp3) is 0.167. The van der Waals surface area contributed by atoms with Crippen LogP contribution in [0.25, 0.3) is 0 Å². The zero-order chi connectivity index (χ0) is 16.9. The molecule has 1 fully saturated rings. The molecule has 0 unspecified atom stereocenters.